The zero-order valence-electron chi connectivity index (χ0n) is 15.7. The van der Waals surface area contributed by atoms with Crippen molar-refractivity contribution in [2.45, 2.75) is 11.8 Å². The topological polar surface area (TPSA) is 0 Å². The van der Waals surface area contributed by atoms with Gasteiger partial charge in [-0.1, -0.05) is 96.5 Å². The lowest BCUT2D eigenvalue weighted by molar-refractivity contribution is 0.745. The number of rotatable bonds is 0. The van der Waals surface area contributed by atoms with Crippen LogP contribution in [0.2, 0.25) is 5.02 Å². The Balaban J connectivity index is 1.71. The summed E-state index contributed by atoms with van der Waals surface area (Å²) < 4.78 is 0. The van der Waals surface area contributed by atoms with Crippen LogP contribution in [0.15, 0.2) is 96.6 Å². The van der Waals surface area contributed by atoms with Crippen LogP contribution < -0.4 is 0 Å². The van der Waals surface area contributed by atoms with Gasteiger partial charge in [0.15, 0.2) is 0 Å². The fraction of sp³-hybridized carbons (Fsp3) is 0.0714. The first-order valence-corrected chi connectivity index (χ1v) is 10.5. The van der Waals surface area contributed by atoms with Crippen LogP contribution in [0, 0.1) is 0 Å². The molecule has 0 saturated heterocycles. The van der Waals surface area contributed by atoms with Crippen LogP contribution in [0.5, 0.6) is 0 Å². The minimum atomic E-state index is -0.248. The highest BCUT2D eigenvalue weighted by atomic mass is 35.5. The summed E-state index contributed by atoms with van der Waals surface area (Å²) in [7, 11) is 0. The second kappa shape index (κ2) is 5.28. The molecule has 3 aliphatic rings. The second-order valence-electron chi connectivity index (χ2n) is 8.19. The van der Waals surface area contributed by atoms with Crippen LogP contribution in [0.1, 0.15) is 33.4 Å². The van der Waals surface area contributed by atoms with E-state index < -0.39 is 0 Å². The molecule has 29 heavy (non-hydrogen) atoms. The lowest BCUT2D eigenvalue weighted by atomic mass is 9.69. The van der Waals surface area contributed by atoms with Crippen molar-refractivity contribution >= 4 is 17.2 Å². The van der Waals surface area contributed by atoms with E-state index in [1.165, 1.54) is 55.7 Å². The first-order valence-electron chi connectivity index (χ1n) is 10.1. The van der Waals surface area contributed by atoms with E-state index in [0.717, 1.165) is 11.4 Å². The molecule has 136 valence electrons. The van der Waals surface area contributed by atoms with Gasteiger partial charge >= 0.3 is 0 Å². The number of benzene rings is 4. The molecule has 0 radical (unpaired) electrons. The third-order valence-electron chi connectivity index (χ3n) is 7.03. The zero-order valence-corrected chi connectivity index (χ0v) is 16.5. The van der Waals surface area contributed by atoms with Crippen molar-refractivity contribution in [3.05, 3.63) is 135 Å². The summed E-state index contributed by atoms with van der Waals surface area (Å²) in [6.45, 7) is 0. The fourth-order valence-corrected chi connectivity index (χ4v) is 6.34. The van der Waals surface area contributed by atoms with Gasteiger partial charge in [-0.05, 0) is 62.6 Å². The van der Waals surface area contributed by atoms with E-state index >= 15 is 0 Å². The Hall–Kier alpha value is -3.09. The van der Waals surface area contributed by atoms with Gasteiger partial charge in [-0.15, -0.1) is 0 Å². The lowest BCUT2D eigenvalue weighted by Crippen LogP contribution is -2.28. The van der Waals surface area contributed by atoms with E-state index in [2.05, 4.69) is 84.9 Å². The van der Waals surface area contributed by atoms with Crippen molar-refractivity contribution in [2.24, 2.45) is 0 Å². The summed E-state index contributed by atoms with van der Waals surface area (Å²) in [4.78, 5) is 0. The first kappa shape index (κ1) is 15.8. The van der Waals surface area contributed by atoms with E-state index in [9.17, 15) is 0 Å². The molecule has 1 spiro atoms. The molecular weight excluding hydrogens is 372 g/mol. The smallest absolute Gasteiger partial charge is 0.0692 e. The molecule has 0 fully saturated rings. The van der Waals surface area contributed by atoms with Crippen LogP contribution in [0.3, 0.4) is 0 Å². The summed E-state index contributed by atoms with van der Waals surface area (Å²) in [5, 5.41) is 0.852. The van der Waals surface area contributed by atoms with Gasteiger partial charge in [0, 0.05) is 10.6 Å². The summed E-state index contributed by atoms with van der Waals surface area (Å²) in [5.41, 5.74) is 13.4. The van der Waals surface area contributed by atoms with Crippen LogP contribution in [0.4, 0.5) is 0 Å². The summed E-state index contributed by atoms with van der Waals surface area (Å²) >= 11 is 6.88. The molecule has 0 bridgehead atoms. The molecule has 0 N–H and O–H groups in total. The summed E-state index contributed by atoms with van der Waals surface area (Å²) in [5.74, 6) is 0. The third kappa shape index (κ3) is 1.69. The molecule has 4 aromatic carbocycles. The molecule has 1 heteroatoms. The molecule has 0 atom stereocenters. The number of hydrogen-bond donors (Lipinski definition) is 0. The van der Waals surface area contributed by atoms with Crippen molar-refractivity contribution in [3.63, 3.8) is 0 Å². The quantitative estimate of drug-likeness (QED) is 0.303. The molecule has 3 aliphatic carbocycles. The predicted molar refractivity (Wildman–Crippen MR) is 119 cm³/mol. The predicted octanol–water partition coefficient (Wildman–Crippen LogP) is 7.03. The van der Waals surface area contributed by atoms with Gasteiger partial charge in [0.25, 0.3) is 0 Å². The van der Waals surface area contributed by atoms with E-state index in [1.54, 1.807) is 0 Å². The summed E-state index contributed by atoms with van der Waals surface area (Å²) in [6, 6.07) is 33.1. The highest BCUT2D eigenvalue weighted by Crippen LogP contribution is 2.65. The van der Waals surface area contributed by atoms with Crippen molar-refractivity contribution < 1.29 is 0 Å². The van der Waals surface area contributed by atoms with Crippen LogP contribution >= 0.6 is 11.6 Å². The standard InChI is InChI=1S/C28H17Cl/c29-25-15-7-14-23-27(25)26-18-9-2-1-8-17(18)16-24(26)28(23)21-12-5-3-10-19(21)20-11-4-6-13-22(20)28/h1-15H,16H2. The minimum Gasteiger partial charge on any atom is -0.0837 e. The van der Waals surface area contributed by atoms with Crippen molar-refractivity contribution in [1.82, 2.24) is 0 Å². The largest absolute Gasteiger partial charge is 0.0837 e. The van der Waals surface area contributed by atoms with Crippen LogP contribution in [0.25, 0.3) is 16.7 Å². The van der Waals surface area contributed by atoms with E-state index in [4.69, 9.17) is 11.6 Å². The zero-order chi connectivity index (χ0) is 19.2. The summed E-state index contributed by atoms with van der Waals surface area (Å²) in [6.07, 6.45) is 0.971. The van der Waals surface area contributed by atoms with Gasteiger partial charge in [0.1, 0.15) is 0 Å². The number of halogens is 1. The van der Waals surface area contributed by atoms with Gasteiger partial charge in [0.2, 0.25) is 0 Å². The Kier molecular flexibility index (Phi) is 2.88. The van der Waals surface area contributed by atoms with Crippen LogP contribution in [-0.2, 0) is 11.8 Å². The number of fused-ring (bicyclic) bond motifs is 11. The first-order chi connectivity index (χ1) is 14.3. The average molecular weight is 389 g/mol. The SMILES string of the molecule is Clc1cccc2c1C1=C(Cc3ccccc31)C21c2ccccc2-c2ccccc21. The van der Waals surface area contributed by atoms with Gasteiger partial charge in [-0.25, -0.2) is 0 Å². The molecule has 4 aromatic rings. The fourth-order valence-electron chi connectivity index (χ4n) is 6.07. The maximum Gasteiger partial charge on any atom is 0.0692 e. The highest BCUT2D eigenvalue weighted by molar-refractivity contribution is 6.33. The van der Waals surface area contributed by atoms with E-state index in [1.807, 2.05) is 6.07 Å². The third-order valence-corrected chi connectivity index (χ3v) is 7.34. The molecule has 0 aliphatic heterocycles. The molecule has 0 amide bonds. The molecular formula is C28H17Cl. The van der Waals surface area contributed by atoms with Crippen molar-refractivity contribution in [2.75, 3.05) is 0 Å². The Morgan fingerprint density at radius 2 is 1.17 bits per heavy atom. The van der Waals surface area contributed by atoms with Gasteiger partial charge in [-0.2, -0.15) is 0 Å². The molecule has 7 rings (SSSR count). The maximum absolute atomic E-state index is 6.88. The highest BCUT2D eigenvalue weighted by Gasteiger charge is 2.54. The van der Waals surface area contributed by atoms with Crippen molar-refractivity contribution in [3.8, 4) is 11.1 Å². The Labute approximate surface area is 175 Å². The molecule has 0 aromatic heterocycles. The van der Waals surface area contributed by atoms with Crippen molar-refractivity contribution in [1.29, 1.82) is 0 Å². The Morgan fingerprint density at radius 3 is 1.90 bits per heavy atom. The van der Waals surface area contributed by atoms with Gasteiger partial charge < -0.3 is 0 Å². The normalized spacial score (nSPS) is 16.4. The molecule has 0 heterocycles. The van der Waals surface area contributed by atoms with E-state index in [0.29, 0.717) is 0 Å². The van der Waals surface area contributed by atoms with Gasteiger partial charge in [0.05, 0.1) is 5.41 Å². The van der Waals surface area contributed by atoms with E-state index in [-0.39, 0.29) is 5.41 Å². The lowest BCUT2D eigenvalue weighted by Gasteiger charge is -2.32. The minimum absolute atomic E-state index is 0.248. The Bertz CT molecular complexity index is 1340. The molecule has 0 unspecified atom stereocenters. The second-order valence-corrected chi connectivity index (χ2v) is 8.60. The number of allylic oxidation sites excluding steroid dienone is 1. The molecule has 0 saturated carbocycles. The Morgan fingerprint density at radius 1 is 0.586 bits per heavy atom. The number of hydrogen-bond acceptors (Lipinski definition) is 0. The monoisotopic (exact) mass is 388 g/mol. The maximum atomic E-state index is 6.88. The van der Waals surface area contributed by atoms with Gasteiger partial charge in [-0.3, -0.25) is 0 Å². The van der Waals surface area contributed by atoms with Crippen LogP contribution in [-0.4, -0.2) is 0 Å². The molecule has 0 nitrogen and oxygen atoms in total. The average Bonchev–Trinajstić information content (AvgIpc) is 3.37.